The third-order valence-electron chi connectivity index (χ3n) is 4.89. The number of H-pyrrole nitrogens is 1. The van der Waals surface area contributed by atoms with Crippen molar-refractivity contribution in [2.24, 2.45) is 17.4 Å². The van der Waals surface area contributed by atoms with Crippen molar-refractivity contribution in [2.75, 3.05) is 0 Å². The van der Waals surface area contributed by atoms with Crippen LogP contribution in [0, 0.1) is 5.92 Å². The van der Waals surface area contributed by atoms with E-state index in [1.807, 2.05) is 0 Å². The predicted molar refractivity (Wildman–Crippen MR) is 113 cm³/mol. The van der Waals surface area contributed by atoms with E-state index in [1.165, 1.54) is 19.4 Å². The van der Waals surface area contributed by atoms with Gasteiger partial charge < -0.3 is 37.5 Å². The van der Waals surface area contributed by atoms with Crippen LogP contribution in [-0.2, 0) is 30.4 Å². The van der Waals surface area contributed by atoms with Crippen LogP contribution < -0.4 is 27.4 Å². The smallest absolute Gasteiger partial charge is 0.325 e. The number of carboxylic acids is 1. The Morgan fingerprint density at radius 1 is 1.09 bits per heavy atom. The molecular formula is C19H31N7O6. The van der Waals surface area contributed by atoms with Crippen LogP contribution in [0.2, 0.25) is 0 Å². The monoisotopic (exact) mass is 453 g/mol. The highest BCUT2D eigenvalue weighted by molar-refractivity contribution is 5.96. The highest BCUT2D eigenvalue weighted by Crippen LogP contribution is 2.09. The first-order valence-corrected chi connectivity index (χ1v) is 10.1. The van der Waals surface area contributed by atoms with Gasteiger partial charge in [-0.3, -0.25) is 24.0 Å². The minimum atomic E-state index is -1.37. The number of nitrogens with two attached hydrogens (primary N) is 2. The number of aromatic amines is 1. The topological polar surface area (TPSA) is 222 Å². The zero-order valence-electron chi connectivity index (χ0n) is 18.3. The van der Waals surface area contributed by atoms with Gasteiger partial charge in [0.25, 0.3) is 0 Å². The number of carbonyl (C=O) groups excluding carboxylic acids is 4. The van der Waals surface area contributed by atoms with Gasteiger partial charge in [0.2, 0.25) is 23.6 Å². The van der Waals surface area contributed by atoms with E-state index in [1.54, 1.807) is 13.8 Å². The van der Waals surface area contributed by atoms with Crippen molar-refractivity contribution < 1.29 is 29.1 Å². The van der Waals surface area contributed by atoms with Gasteiger partial charge >= 0.3 is 5.97 Å². The van der Waals surface area contributed by atoms with E-state index in [2.05, 4.69) is 25.9 Å². The summed E-state index contributed by atoms with van der Waals surface area (Å²) in [5.74, 6) is -4.69. The molecule has 5 unspecified atom stereocenters. The largest absolute Gasteiger partial charge is 0.480 e. The Morgan fingerprint density at radius 2 is 1.75 bits per heavy atom. The number of carbonyl (C=O) groups is 5. The van der Waals surface area contributed by atoms with Crippen molar-refractivity contribution in [3.63, 3.8) is 0 Å². The van der Waals surface area contributed by atoms with E-state index in [-0.39, 0.29) is 12.3 Å². The molecule has 0 aromatic carbocycles. The first-order valence-electron chi connectivity index (χ1n) is 10.1. The molecule has 32 heavy (non-hydrogen) atoms. The predicted octanol–water partition coefficient (Wildman–Crippen LogP) is -2.24. The van der Waals surface area contributed by atoms with Crippen molar-refractivity contribution in [1.29, 1.82) is 0 Å². The molecule has 0 aliphatic carbocycles. The third-order valence-corrected chi connectivity index (χ3v) is 4.89. The fraction of sp³-hybridized carbons (Fsp3) is 0.579. The van der Waals surface area contributed by atoms with Crippen LogP contribution in [-0.4, -0.2) is 68.8 Å². The Kier molecular flexibility index (Phi) is 10.3. The lowest BCUT2D eigenvalue weighted by Crippen LogP contribution is -2.59. The summed E-state index contributed by atoms with van der Waals surface area (Å²) in [6.45, 7) is 4.76. The molecule has 0 aliphatic heterocycles. The molecular weight excluding hydrogens is 422 g/mol. The molecule has 0 saturated heterocycles. The number of hydrogen-bond acceptors (Lipinski definition) is 7. The number of nitrogens with one attached hydrogen (secondary N) is 4. The highest BCUT2D eigenvalue weighted by atomic mass is 16.4. The SMILES string of the molecule is CCC(C)C(NC(=O)C(CC(N)=O)NC(=O)C(N)Cc1cnc[nH]1)C(=O)NC(C)C(=O)O. The lowest BCUT2D eigenvalue weighted by Gasteiger charge is -2.27. The summed E-state index contributed by atoms with van der Waals surface area (Å²) in [7, 11) is 0. The van der Waals surface area contributed by atoms with Crippen LogP contribution in [0.3, 0.4) is 0 Å². The van der Waals surface area contributed by atoms with E-state index in [0.29, 0.717) is 12.1 Å². The Hall–Kier alpha value is -3.48. The molecule has 1 aromatic heterocycles. The summed E-state index contributed by atoms with van der Waals surface area (Å²) in [5.41, 5.74) is 11.7. The zero-order valence-corrected chi connectivity index (χ0v) is 18.3. The molecule has 1 aromatic rings. The molecule has 0 fully saturated rings. The highest BCUT2D eigenvalue weighted by Gasteiger charge is 2.32. The van der Waals surface area contributed by atoms with Crippen molar-refractivity contribution in [3.05, 3.63) is 18.2 Å². The van der Waals surface area contributed by atoms with Gasteiger partial charge in [0.1, 0.15) is 18.1 Å². The fourth-order valence-corrected chi connectivity index (χ4v) is 2.74. The van der Waals surface area contributed by atoms with Crippen molar-refractivity contribution >= 4 is 29.6 Å². The number of primary amides is 1. The standard InChI is InChI=1S/C19H31N7O6/c1-4-9(2)15(18(30)24-10(3)19(31)32)26-17(29)13(6-14(21)27)25-16(28)12(20)5-11-7-22-8-23-11/h7-10,12-13,15H,4-6,20H2,1-3H3,(H2,21,27)(H,22,23)(H,24,30)(H,25,28)(H,26,29)(H,31,32). The number of nitrogens with zero attached hydrogens (tertiary/aromatic N) is 1. The maximum absolute atomic E-state index is 12.8. The zero-order chi connectivity index (χ0) is 24.4. The lowest BCUT2D eigenvalue weighted by molar-refractivity contribution is -0.142. The van der Waals surface area contributed by atoms with E-state index < -0.39 is 60.2 Å². The van der Waals surface area contributed by atoms with Gasteiger partial charge in [-0.1, -0.05) is 20.3 Å². The first kappa shape index (κ1) is 26.6. The van der Waals surface area contributed by atoms with E-state index in [9.17, 15) is 24.0 Å². The third kappa shape index (κ3) is 8.34. The van der Waals surface area contributed by atoms with E-state index >= 15 is 0 Å². The number of imidazole rings is 1. The molecule has 1 heterocycles. The molecule has 5 atom stereocenters. The molecule has 13 heteroatoms. The Balaban J connectivity index is 2.92. The number of aliphatic carboxylic acids is 1. The molecule has 9 N–H and O–H groups in total. The maximum Gasteiger partial charge on any atom is 0.325 e. The Bertz CT molecular complexity index is 813. The minimum Gasteiger partial charge on any atom is -0.480 e. The lowest BCUT2D eigenvalue weighted by atomic mass is 9.97. The Labute approximate surface area is 185 Å². The number of hydrogen-bond donors (Lipinski definition) is 7. The molecule has 0 aliphatic rings. The van der Waals surface area contributed by atoms with Crippen LogP contribution in [0.15, 0.2) is 12.5 Å². The second-order valence-electron chi connectivity index (χ2n) is 7.56. The van der Waals surface area contributed by atoms with Crippen LogP contribution in [0.4, 0.5) is 0 Å². The van der Waals surface area contributed by atoms with Crippen LogP contribution in [0.1, 0.15) is 39.3 Å². The summed E-state index contributed by atoms with van der Waals surface area (Å²) in [6, 6.07) is -4.68. The van der Waals surface area contributed by atoms with Crippen LogP contribution in [0.25, 0.3) is 0 Å². The summed E-state index contributed by atoms with van der Waals surface area (Å²) < 4.78 is 0. The number of aromatic nitrogens is 2. The van der Waals surface area contributed by atoms with Gasteiger partial charge in [-0.15, -0.1) is 0 Å². The van der Waals surface area contributed by atoms with Crippen LogP contribution >= 0.6 is 0 Å². The number of amides is 4. The van der Waals surface area contributed by atoms with Gasteiger partial charge in [-0.05, 0) is 12.8 Å². The number of carboxylic acid groups (broad SMARTS) is 1. The van der Waals surface area contributed by atoms with Gasteiger partial charge in [-0.2, -0.15) is 0 Å². The van der Waals surface area contributed by atoms with Crippen molar-refractivity contribution in [1.82, 2.24) is 25.9 Å². The van der Waals surface area contributed by atoms with Gasteiger partial charge in [-0.25, -0.2) is 4.98 Å². The molecule has 13 nitrogen and oxygen atoms in total. The summed E-state index contributed by atoms with van der Waals surface area (Å²) in [5, 5.41) is 16.2. The summed E-state index contributed by atoms with van der Waals surface area (Å²) in [4.78, 5) is 66.9. The van der Waals surface area contributed by atoms with Crippen molar-refractivity contribution in [3.8, 4) is 0 Å². The normalized spacial score (nSPS) is 15.5. The number of rotatable bonds is 13. The van der Waals surface area contributed by atoms with E-state index in [4.69, 9.17) is 16.6 Å². The first-order chi connectivity index (χ1) is 15.0. The van der Waals surface area contributed by atoms with Gasteiger partial charge in [0, 0.05) is 18.3 Å². The average molecular weight is 454 g/mol. The molecule has 1 rings (SSSR count). The molecule has 4 amide bonds. The molecule has 178 valence electrons. The van der Waals surface area contributed by atoms with Crippen molar-refractivity contribution in [2.45, 2.75) is 64.2 Å². The molecule has 0 spiro atoms. The second kappa shape index (κ2) is 12.4. The minimum absolute atomic E-state index is 0.113. The fourth-order valence-electron chi connectivity index (χ4n) is 2.74. The average Bonchev–Trinajstić information content (AvgIpc) is 3.22. The van der Waals surface area contributed by atoms with Gasteiger partial charge in [0.15, 0.2) is 0 Å². The van der Waals surface area contributed by atoms with Crippen LogP contribution in [0.5, 0.6) is 0 Å². The quantitative estimate of drug-likeness (QED) is 0.172. The van der Waals surface area contributed by atoms with Gasteiger partial charge in [0.05, 0.1) is 18.8 Å². The maximum atomic E-state index is 12.8. The molecule has 0 saturated carbocycles. The molecule has 0 bridgehead atoms. The Morgan fingerprint density at radius 3 is 2.25 bits per heavy atom. The second-order valence-corrected chi connectivity index (χ2v) is 7.56. The molecule has 0 radical (unpaired) electrons. The summed E-state index contributed by atoms with van der Waals surface area (Å²) in [6.07, 6.45) is 3.00. The summed E-state index contributed by atoms with van der Waals surface area (Å²) >= 11 is 0. The van der Waals surface area contributed by atoms with E-state index in [0.717, 1.165) is 0 Å².